The molecule has 1 N–H and O–H groups in total. The van der Waals surface area contributed by atoms with Crippen LogP contribution in [0.15, 0.2) is 58.9 Å². The van der Waals surface area contributed by atoms with Crippen LogP contribution in [0.5, 0.6) is 0 Å². The van der Waals surface area contributed by atoms with Gasteiger partial charge in [-0.25, -0.2) is 0 Å². The van der Waals surface area contributed by atoms with Gasteiger partial charge >= 0.3 is 0 Å². The van der Waals surface area contributed by atoms with Gasteiger partial charge < -0.3 is 5.11 Å². The summed E-state index contributed by atoms with van der Waals surface area (Å²) in [5.74, 6) is 1.81. The second-order valence-corrected chi connectivity index (χ2v) is 5.69. The second kappa shape index (κ2) is 4.31. The summed E-state index contributed by atoms with van der Waals surface area (Å²) >= 11 is 0. The Morgan fingerprint density at radius 3 is 2.89 bits per heavy atom. The van der Waals surface area contributed by atoms with Crippen LogP contribution in [0.25, 0.3) is 0 Å². The number of fused-ring (bicyclic) bond motifs is 1. The molecule has 2 unspecified atom stereocenters. The van der Waals surface area contributed by atoms with E-state index in [1.165, 1.54) is 11.1 Å². The van der Waals surface area contributed by atoms with Crippen molar-refractivity contribution < 1.29 is 5.11 Å². The van der Waals surface area contributed by atoms with Crippen LogP contribution >= 0.6 is 0 Å². The molecule has 0 spiro atoms. The number of hydrogen-bond acceptors (Lipinski definition) is 1. The Balaban J connectivity index is 1.90. The van der Waals surface area contributed by atoms with E-state index in [-0.39, 0.29) is 5.92 Å². The SMILES string of the molecule is CC1=C[C@@H](C2CC=CC=C2O)CC2=C(C)C=CC12. The van der Waals surface area contributed by atoms with Crippen LogP contribution in [-0.4, -0.2) is 5.11 Å². The van der Waals surface area contributed by atoms with Crippen molar-refractivity contribution in [1.29, 1.82) is 0 Å². The van der Waals surface area contributed by atoms with Gasteiger partial charge in [0.25, 0.3) is 0 Å². The summed E-state index contributed by atoms with van der Waals surface area (Å²) in [5.41, 5.74) is 4.42. The molecule has 0 aliphatic heterocycles. The van der Waals surface area contributed by atoms with Crippen LogP contribution in [-0.2, 0) is 0 Å². The molecule has 0 aromatic rings. The third-order valence-corrected chi connectivity index (χ3v) is 4.53. The van der Waals surface area contributed by atoms with Gasteiger partial charge in [0, 0.05) is 11.8 Å². The van der Waals surface area contributed by atoms with Crippen molar-refractivity contribution in [2.75, 3.05) is 0 Å². The fourth-order valence-electron chi connectivity index (χ4n) is 3.47. The van der Waals surface area contributed by atoms with Gasteiger partial charge in [-0.15, -0.1) is 0 Å². The molecule has 0 saturated heterocycles. The molecule has 18 heavy (non-hydrogen) atoms. The largest absolute Gasteiger partial charge is 0.512 e. The van der Waals surface area contributed by atoms with E-state index in [0.29, 0.717) is 17.6 Å². The first-order valence-electron chi connectivity index (χ1n) is 6.78. The maximum atomic E-state index is 10.1. The molecule has 0 fully saturated rings. The first-order chi connectivity index (χ1) is 8.66. The predicted molar refractivity (Wildman–Crippen MR) is 75.2 cm³/mol. The molecule has 0 saturated carbocycles. The van der Waals surface area contributed by atoms with Gasteiger partial charge in [0.05, 0.1) is 5.76 Å². The lowest BCUT2D eigenvalue weighted by Gasteiger charge is -2.32. The minimum atomic E-state index is 0.270. The van der Waals surface area contributed by atoms with Crippen molar-refractivity contribution in [3.05, 3.63) is 58.9 Å². The molecule has 1 heteroatoms. The van der Waals surface area contributed by atoms with Gasteiger partial charge in [-0.1, -0.05) is 47.1 Å². The van der Waals surface area contributed by atoms with Gasteiger partial charge in [0.2, 0.25) is 0 Å². The fourth-order valence-corrected chi connectivity index (χ4v) is 3.47. The van der Waals surface area contributed by atoms with Crippen LogP contribution in [0.4, 0.5) is 0 Å². The van der Waals surface area contributed by atoms with Crippen molar-refractivity contribution in [2.45, 2.75) is 26.7 Å². The Morgan fingerprint density at radius 1 is 1.28 bits per heavy atom. The topological polar surface area (TPSA) is 20.2 Å². The third-order valence-electron chi connectivity index (χ3n) is 4.53. The third kappa shape index (κ3) is 1.78. The fraction of sp³-hybridized carbons (Fsp3) is 0.412. The highest BCUT2D eigenvalue weighted by atomic mass is 16.3. The lowest BCUT2D eigenvalue weighted by atomic mass is 9.73. The quantitative estimate of drug-likeness (QED) is 0.670. The summed E-state index contributed by atoms with van der Waals surface area (Å²) in [7, 11) is 0. The second-order valence-electron chi connectivity index (χ2n) is 5.69. The molecule has 94 valence electrons. The minimum absolute atomic E-state index is 0.270. The van der Waals surface area contributed by atoms with Crippen LogP contribution in [0.1, 0.15) is 26.7 Å². The van der Waals surface area contributed by atoms with Crippen molar-refractivity contribution in [3.8, 4) is 0 Å². The van der Waals surface area contributed by atoms with E-state index >= 15 is 0 Å². The number of allylic oxidation sites excluding steroid dienone is 10. The molecule has 0 amide bonds. The monoisotopic (exact) mass is 240 g/mol. The number of aliphatic hydroxyl groups is 1. The van der Waals surface area contributed by atoms with Gasteiger partial charge in [-0.3, -0.25) is 0 Å². The van der Waals surface area contributed by atoms with Crippen molar-refractivity contribution in [2.24, 2.45) is 17.8 Å². The molecule has 0 heterocycles. The minimum Gasteiger partial charge on any atom is -0.512 e. The van der Waals surface area contributed by atoms with E-state index in [4.69, 9.17) is 0 Å². The van der Waals surface area contributed by atoms with E-state index < -0.39 is 0 Å². The molecular formula is C17H20O. The highest BCUT2D eigenvalue weighted by Crippen LogP contribution is 2.44. The summed E-state index contributed by atoms with van der Waals surface area (Å²) in [4.78, 5) is 0. The molecule has 0 aromatic heterocycles. The maximum absolute atomic E-state index is 10.1. The molecule has 1 nitrogen and oxygen atoms in total. The van der Waals surface area contributed by atoms with E-state index in [1.807, 2.05) is 12.2 Å². The summed E-state index contributed by atoms with van der Waals surface area (Å²) in [5, 5.41) is 10.1. The lowest BCUT2D eigenvalue weighted by Crippen LogP contribution is -2.22. The summed E-state index contributed by atoms with van der Waals surface area (Å²) < 4.78 is 0. The Morgan fingerprint density at radius 2 is 2.11 bits per heavy atom. The van der Waals surface area contributed by atoms with Crippen LogP contribution in [0.3, 0.4) is 0 Å². The standard InChI is InChI=1S/C17H20O/c1-11-7-8-14-12(2)9-13(10-16(11)14)15-5-3-4-6-17(15)18/h3-4,6-9,13-15,18H,5,10H2,1-2H3/t13-,14?,15?/m1/s1. The zero-order valence-electron chi connectivity index (χ0n) is 11.1. The van der Waals surface area contributed by atoms with Crippen molar-refractivity contribution in [3.63, 3.8) is 0 Å². The van der Waals surface area contributed by atoms with Crippen LogP contribution in [0.2, 0.25) is 0 Å². The molecule has 0 radical (unpaired) electrons. The average molecular weight is 240 g/mol. The molecule has 3 aliphatic rings. The molecule has 0 bridgehead atoms. The summed E-state index contributed by atoms with van der Waals surface area (Å²) in [6.45, 7) is 4.43. The Labute approximate surface area is 109 Å². The van der Waals surface area contributed by atoms with Gasteiger partial charge in [-0.05, 0) is 38.7 Å². The highest BCUT2D eigenvalue weighted by Gasteiger charge is 2.32. The zero-order valence-corrected chi connectivity index (χ0v) is 11.1. The zero-order chi connectivity index (χ0) is 12.7. The van der Waals surface area contributed by atoms with E-state index in [9.17, 15) is 5.11 Å². The van der Waals surface area contributed by atoms with Crippen LogP contribution in [0, 0.1) is 17.8 Å². The van der Waals surface area contributed by atoms with Crippen LogP contribution < -0.4 is 0 Å². The lowest BCUT2D eigenvalue weighted by molar-refractivity contribution is 0.278. The number of hydrogen-bond donors (Lipinski definition) is 1. The highest BCUT2D eigenvalue weighted by molar-refractivity contribution is 5.44. The van der Waals surface area contributed by atoms with Crippen molar-refractivity contribution >= 4 is 0 Å². The first-order valence-corrected chi connectivity index (χ1v) is 6.78. The molecule has 3 atom stereocenters. The normalized spacial score (nSPS) is 34.4. The Hall–Kier alpha value is -1.50. The average Bonchev–Trinajstić information content (AvgIpc) is 2.72. The van der Waals surface area contributed by atoms with E-state index in [2.05, 4.69) is 38.2 Å². The summed E-state index contributed by atoms with van der Waals surface area (Å²) in [6.07, 6.45) is 14.9. The maximum Gasteiger partial charge on any atom is 0.0962 e. The molecule has 3 aliphatic carbocycles. The van der Waals surface area contributed by atoms with E-state index in [1.54, 1.807) is 5.57 Å². The van der Waals surface area contributed by atoms with Crippen molar-refractivity contribution in [1.82, 2.24) is 0 Å². The van der Waals surface area contributed by atoms with Gasteiger partial charge in [0.1, 0.15) is 0 Å². The Bertz CT molecular complexity index is 514. The van der Waals surface area contributed by atoms with E-state index in [0.717, 1.165) is 12.8 Å². The van der Waals surface area contributed by atoms with Gasteiger partial charge in [0.15, 0.2) is 0 Å². The number of rotatable bonds is 1. The first kappa shape index (κ1) is 11.6. The molecule has 3 rings (SSSR count). The molecular weight excluding hydrogens is 220 g/mol. The van der Waals surface area contributed by atoms with Gasteiger partial charge in [-0.2, -0.15) is 0 Å². The number of aliphatic hydroxyl groups excluding tert-OH is 1. The molecule has 0 aromatic carbocycles. The smallest absolute Gasteiger partial charge is 0.0962 e. The predicted octanol–water partition coefficient (Wildman–Crippen LogP) is 4.47. The summed E-state index contributed by atoms with van der Waals surface area (Å²) in [6, 6.07) is 0. The Kier molecular flexibility index (Phi) is 2.77.